The van der Waals surface area contributed by atoms with Crippen molar-refractivity contribution < 1.29 is 49.1 Å². The summed E-state index contributed by atoms with van der Waals surface area (Å²) in [4.78, 5) is 51.1. The van der Waals surface area contributed by atoms with Gasteiger partial charge in [-0.05, 0) is 397 Å². The van der Waals surface area contributed by atoms with E-state index in [0.717, 1.165) is 155 Å². The number of esters is 2. The lowest BCUT2D eigenvalue weighted by atomic mass is 9.43. The zero-order valence-corrected chi connectivity index (χ0v) is 72.8. The Balaban J connectivity index is 0.000000168. The second-order valence-electron chi connectivity index (χ2n) is 41.4. The van der Waals surface area contributed by atoms with Crippen LogP contribution in [-0.2, 0) is 28.7 Å². The molecule has 10 nitrogen and oxygen atoms in total. The number of hydrogen-bond donors (Lipinski definition) is 4. The van der Waals surface area contributed by atoms with Crippen LogP contribution in [0.3, 0.4) is 0 Å². The summed E-state index contributed by atoms with van der Waals surface area (Å²) in [7, 11) is 0. The Kier molecular flexibility index (Phi) is 27.7. The van der Waals surface area contributed by atoms with Gasteiger partial charge in [-0.3, -0.25) is 14.4 Å². The van der Waals surface area contributed by atoms with Crippen molar-refractivity contribution in [3.8, 4) is 0 Å². The molecule has 20 rings (SSSR count). The first-order valence-electron chi connectivity index (χ1n) is 43.0. The molecule has 0 aliphatic heterocycles. The molecule has 105 heavy (non-hydrogen) atoms. The largest absolute Gasteiger partial charge is 0.458 e. The molecular weight excluding hydrogens is 1650 g/mol. The van der Waals surface area contributed by atoms with Gasteiger partial charge in [-0.25, -0.2) is 4.79 Å². The van der Waals surface area contributed by atoms with Crippen molar-refractivity contribution in [1.82, 2.24) is 0 Å². The third kappa shape index (κ3) is 17.8. The molecular formula is C92H143I3O10. The van der Waals surface area contributed by atoms with Gasteiger partial charge < -0.3 is 29.9 Å². The standard InChI is InChI=1S/C47H74O5.C17H26O.C15H22O2.C13H20O2.I2.HI/c1-29-11-33(28-47(51,22-29)45-23-34-15-35(24-45)17-36(16-34)25-45)14-37-12-30(26-46(50,27-37)40-7-5-6-8-41(40)48)9-10-43(2,3)42(49)52-44(4)38-18-31-13-32(20-38)21-39(44)19-31;1-3-5-17(18,6-4-2)16-10-13-7-14(11-16)9-15(8-13)12-16;1-9(2)14(16)17-15(3)12-5-10-4-11(7-12)8-13(15)6-10;1-3-9-13(15,10-4-2)11-7-5-6-8-12(11)14;1-2;/h29-40,50-51H,5-28H2,1-4H3;3-4,13-15,18H,1-2,5-12H2;10-13H,1,4-8H2,2-3H3;3-4,11,15H,1-2,5-10H2;;1H. The van der Waals surface area contributed by atoms with Gasteiger partial charge in [0.15, 0.2) is 0 Å². The highest BCUT2D eigenvalue weighted by molar-refractivity contribution is 15.0. The first-order valence-corrected chi connectivity index (χ1v) is 49.3. The molecule has 20 saturated carbocycles. The van der Waals surface area contributed by atoms with Crippen molar-refractivity contribution in [2.24, 2.45) is 135 Å². The lowest BCUT2D eigenvalue weighted by Crippen LogP contribution is -2.60. The van der Waals surface area contributed by atoms with E-state index in [9.17, 15) is 39.6 Å². The number of hydrogen-bond acceptors (Lipinski definition) is 10. The molecule has 4 N–H and O–H groups in total. The fourth-order valence-corrected chi connectivity index (χ4v) is 29.6. The van der Waals surface area contributed by atoms with Crippen LogP contribution in [0.5, 0.6) is 0 Å². The van der Waals surface area contributed by atoms with E-state index >= 15 is 0 Å². The molecule has 0 spiro atoms. The summed E-state index contributed by atoms with van der Waals surface area (Å²) < 4.78 is 12.5. The minimum atomic E-state index is -0.944. The van der Waals surface area contributed by atoms with Crippen molar-refractivity contribution in [2.45, 2.75) is 351 Å². The van der Waals surface area contributed by atoms with Gasteiger partial charge in [-0.2, -0.15) is 0 Å². The van der Waals surface area contributed by atoms with Gasteiger partial charge in [0.05, 0.1) is 27.8 Å². The van der Waals surface area contributed by atoms with Gasteiger partial charge in [0.25, 0.3) is 0 Å². The number of Topliss-reactive ketones (excluding diaryl/α,β-unsaturated/α-hetero) is 2. The molecule has 20 fully saturated rings. The normalized spacial score (nSPS) is 44.1. The van der Waals surface area contributed by atoms with E-state index in [1.807, 2.05) is 12.2 Å². The van der Waals surface area contributed by atoms with Crippen LogP contribution < -0.4 is 0 Å². The van der Waals surface area contributed by atoms with Crippen LogP contribution in [0, 0.1) is 135 Å². The van der Waals surface area contributed by atoms with Gasteiger partial charge in [0, 0.05) is 72.9 Å². The van der Waals surface area contributed by atoms with E-state index in [1.165, 1.54) is 148 Å². The Hall–Kier alpha value is -0.990. The molecule has 0 amide bonds. The van der Waals surface area contributed by atoms with E-state index in [0.29, 0.717) is 85.0 Å². The van der Waals surface area contributed by atoms with Crippen molar-refractivity contribution in [3.05, 3.63) is 62.8 Å². The molecule has 592 valence electrons. The Bertz CT molecular complexity index is 2940. The molecule has 16 bridgehead atoms. The molecule has 0 aromatic rings. The van der Waals surface area contributed by atoms with Crippen LogP contribution >= 0.6 is 61.2 Å². The number of aliphatic hydroxyl groups is 4. The quantitative estimate of drug-likeness (QED) is 0.0376. The van der Waals surface area contributed by atoms with Crippen LogP contribution in [0.4, 0.5) is 0 Å². The molecule has 0 radical (unpaired) electrons. The number of ether oxygens (including phenoxy) is 2. The topological polar surface area (TPSA) is 168 Å². The summed E-state index contributed by atoms with van der Waals surface area (Å²) in [5, 5.41) is 47.1. The monoisotopic (exact) mass is 1790 g/mol. The maximum absolute atomic E-state index is 14.1. The van der Waals surface area contributed by atoms with E-state index in [1.54, 1.807) is 19.1 Å². The highest BCUT2D eigenvalue weighted by atomic mass is 128. The molecule has 20 aliphatic rings. The Morgan fingerprint density at radius 1 is 0.524 bits per heavy atom. The molecule has 20 aliphatic carbocycles. The summed E-state index contributed by atoms with van der Waals surface area (Å²) in [5.41, 5.74) is -3.27. The fraction of sp³-hybridized carbons (Fsp3) is 0.848. The average Bonchev–Trinajstić information content (AvgIpc) is 0.671. The highest BCUT2D eigenvalue weighted by Gasteiger charge is 2.64. The van der Waals surface area contributed by atoms with Gasteiger partial charge in [-0.15, -0.1) is 50.3 Å². The van der Waals surface area contributed by atoms with E-state index in [4.69, 9.17) is 9.47 Å². The van der Waals surface area contributed by atoms with Crippen LogP contribution in [0.25, 0.3) is 0 Å². The minimum absolute atomic E-state index is 0. The first kappa shape index (κ1) is 84.9. The van der Waals surface area contributed by atoms with E-state index in [-0.39, 0.29) is 81.3 Å². The average molecular weight is 1790 g/mol. The second kappa shape index (κ2) is 34.2. The SMILES string of the molecule is C=C(C)C(=O)OC1(C)C2CC3CC(C2)CC1C3.C=CCC(O)(CC=C)C12CC3CC(CC(C3)C1)C2.C=CCC(O)(CC=C)C1CCCCC1=O.CC1CC(CC2CC(CCC(C)(C)C(=O)OC3(C)C4CC5CC(C4)CC3C5)CC(O)(C3CCCCC3=O)C2)CC(O)(C23CC4CC(CC(C4)C2)C3)C1.I.II. The van der Waals surface area contributed by atoms with E-state index < -0.39 is 27.8 Å². The van der Waals surface area contributed by atoms with Crippen molar-refractivity contribution in [1.29, 1.82) is 0 Å². The van der Waals surface area contributed by atoms with Crippen molar-refractivity contribution in [3.63, 3.8) is 0 Å². The Morgan fingerprint density at radius 3 is 1.37 bits per heavy atom. The van der Waals surface area contributed by atoms with Gasteiger partial charge in [0.1, 0.15) is 22.8 Å². The first-order chi connectivity index (χ1) is 49.4. The summed E-state index contributed by atoms with van der Waals surface area (Å²) in [6, 6.07) is 0. The Labute approximate surface area is 676 Å². The molecule has 0 aromatic heterocycles. The molecule has 0 aromatic carbocycles. The molecule has 13 heteroatoms. The predicted octanol–water partition coefficient (Wildman–Crippen LogP) is 22.7. The number of halogens is 3. The molecule has 0 saturated heterocycles. The third-order valence-corrected chi connectivity index (χ3v) is 33.3. The zero-order valence-electron chi connectivity index (χ0n) is 66.2. The van der Waals surface area contributed by atoms with Crippen LogP contribution in [-0.4, -0.2) is 77.5 Å². The predicted molar refractivity (Wildman–Crippen MR) is 451 cm³/mol. The zero-order chi connectivity index (χ0) is 74.6. The highest BCUT2D eigenvalue weighted by Crippen LogP contribution is 2.69. The second-order valence-corrected chi connectivity index (χ2v) is 41.4. The van der Waals surface area contributed by atoms with Crippen LogP contribution in [0.1, 0.15) is 318 Å². The summed E-state index contributed by atoms with van der Waals surface area (Å²) in [5.74, 6) is 12.4. The van der Waals surface area contributed by atoms with Gasteiger partial charge in [-0.1, -0.05) is 50.6 Å². The number of ketones is 2. The van der Waals surface area contributed by atoms with Gasteiger partial charge >= 0.3 is 11.9 Å². The molecule has 0 heterocycles. The van der Waals surface area contributed by atoms with Gasteiger partial charge in [0.2, 0.25) is 0 Å². The summed E-state index contributed by atoms with van der Waals surface area (Å²) in [6.07, 6.45) is 53.6. The van der Waals surface area contributed by atoms with E-state index in [2.05, 4.69) is 105 Å². The fourth-order valence-electron chi connectivity index (χ4n) is 29.6. The maximum atomic E-state index is 14.1. The number of carbonyl (C=O) groups excluding carboxylic acids is 4. The smallest absolute Gasteiger partial charge is 0.333 e. The number of carbonyl (C=O) groups is 4. The van der Waals surface area contributed by atoms with Crippen molar-refractivity contribution in [2.75, 3.05) is 0 Å². The lowest BCUT2D eigenvalue weighted by molar-refractivity contribution is -0.211. The Morgan fingerprint density at radius 2 is 0.933 bits per heavy atom. The maximum Gasteiger partial charge on any atom is 0.333 e. The van der Waals surface area contributed by atoms with Crippen molar-refractivity contribution >= 4 is 84.7 Å². The minimum Gasteiger partial charge on any atom is -0.458 e. The lowest BCUT2D eigenvalue weighted by Gasteiger charge is -2.64. The van der Waals surface area contributed by atoms with Crippen LogP contribution in [0.2, 0.25) is 0 Å². The van der Waals surface area contributed by atoms with Crippen LogP contribution in [0.15, 0.2) is 62.8 Å². The summed E-state index contributed by atoms with van der Waals surface area (Å²) in [6.45, 7) is 31.5. The third-order valence-electron chi connectivity index (χ3n) is 33.3. The molecule has 8 atom stereocenters. The number of rotatable bonds is 21. The molecule has 8 unspecified atom stereocenters. The summed E-state index contributed by atoms with van der Waals surface area (Å²) >= 11 is 4.24.